The van der Waals surface area contributed by atoms with Gasteiger partial charge in [-0.3, -0.25) is 10.1 Å². The van der Waals surface area contributed by atoms with Gasteiger partial charge in [-0.15, -0.1) is 0 Å². The molecule has 0 aliphatic carbocycles. The van der Waals surface area contributed by atoms with Gasteiger partial charge < -0.3 is 10.1 Å². The summed E-state index contributed by atoms with van der Waals surface area (Å²) in [5, 5.41) is 13.6. The first kappa shape index (κ1) is 10.6. The molecule has 1 heterocycles. The van der Waals surface area contributed by atoms with E-state index in [1.165, 1.54) is 12.1 Å². The highest BCUT2D eigenvalue weighted by Crippen LogP contribution is 2.26. The van der Waals surface area contributed by atoms with Crippen molar-refractivity contribution in [1.82, 2.24) is 5.32 Å². The van der Waals surface area contributed by atoms with Crippen molar-refractivity contribution < 1.29 is 9.66 Å². The Morgan fingerprint density at radius 1 is 1.53 bits per heavy atom. The number of ether oxygens (including phenoxy) is 1. The number of rotatable bonds is 3. The summed E-state index contributed by atoms with van der Waals surface area (Å²) in [7, 11) is 0. The molecule has 1 aliphatic heterocycles. The molecule has 0 radical (unpaired) electrons. The first-order valence-corrected chi connectivity index (χ1v) is 5.56. The van der Waals surface area contributed by atoms with Crippen LogP contribution in [-0.2, 0) is 0 Å². The van der Waals surface area contributed by atoms with Gasteiger partial charge in [0.1, 0.15) is 11.9 Å². The van der Waals surface area contributed by atoms with Crippen molar-refractivity contribution in [2.24, 2.45) is 0 Å². The molecular weight excluding hydrogens is 311 g/mol. The van der Waals surface area contributed by atoms with Gasteiger partial charge in [-0.1, -0.05) is 0 Å². The zero-order chi connectivity index (χ0) is 10.8. The average Bonchev–Trinajstić information content (AvgIpc) is 2.12. The number of benzene rings is 1. The summed E-state index contributed by atoms with van der Waals surface area (Å²) in [6, 6.07) is 4.63. The molecule has 0 amide bonds. The maximum Gasteiger partial charge on any atom is 0.270 e. The first-order chi connectivity index (χ1) is 7.16. The Bertz CT molecular complexity index is 393. The molecule has 80 valence electrons. The van der Waals surface area contributed by atoms with Crippen molar-refractivity contribution in [3.05, 3.63) is 31.9 Å². The van der Waals surface area contributed by atoms with Gasteiger partial charge in [0, 0.05) is 25.2 Å². The van der Waals surface area contributed by atoms with Crippen LogP contribution in [0, 0.1) is 13.7 Å². The second-order valence-electron chi connectivity index (χ2n) is 3.27. The Morgan fingerprint density at radius 2 is 2.27 bits per heavy atom. The standard InChI is InChI=1S/C9H9IN2O3/c10-8-3-6(12(13)14)1-2-9(8)15-7-4-11-5-7/h1-3,7,11H,4-5H2. The van der Waals surface area contributed by atoms with Gasteiger partial charge >= 0.3 is 0 Å². The highest BCUT2D eigenvalue weighted by molar-refractivity contribution is 14.1. The van der Waals surface area contributed by atoms with E-state index in [1.807, 2.05) is 22.6 Å². The summed E-state index contributed by atoms with van der Waals surface area (Å²) in [5.41, 5.74) is 0.0958. The van der Waals surface area contributed by atoms with Crippen LogP contribution < -0.4 is 10.1 Å². The van der Waals surface area contributed by atoms with Gasteiger partial charge in [0.05, 0.1) is 8.49 Å². The Morgan fingerprint density at radius 3 is 2.73 bits per heavy atom. The van der Waals surface area contributed by atoms with Gasteiger partial charge in [-0.25, -0.2) is 0 Å². The van der Waals surface area contributed by atoms with Gasteiger partial charge in [-0.05, 0) is 28.7 Å². The van der Waals surface area contributed by atoms with Crippen LogP contribution in [0.5, 0.6) is 5.75 Å². The molecule has 5 nitrogen and oxygen atoms in total. The highest BCUT2D eigenvalue weighted by Gasteiger charge is 2.20. The van der Waals surface area contributed by atoms with Crippen molar-refractivity contribution >= 4 is 28.3 Å². The van der Waals surface area contributed by atoms with Crippen LogP contribution in [0.2, 0.25) is 0 Å². The van der Waals surface area contributed by atoms with E-state index in [1.54, 1.807) is 6.07 Å². The van der Waals surface area contributed by atoms with Crippen LogP contribution in [-0.4, -0.2) is 24.1 Å². The summed E-state index contributed by atoms with van der Waals surface area (Å²) in [6.07, 6.45) is 0.194. The molecule has 0 spiro atoms. The van der Waals surface area contributed by atoms with E-state index >= 15 is 0 Å². The fourth-order valence-electron chi connectivity index (χ4n) is 1.22. The number of hydrogen-bond acceptors (Lipinski definition) is 4. The van der Waals surface area contributed by atoms with Crippen molar-refractivity contribution in [3.63, 3.8) is 0 Å². The summed E-state index contributed by atoms with van der Waals surface area (Å²) >= 11 is 2.04. The van der Waals surface area contributed by atoms with Gasteiger partial charge in [-0.2, -0.15) is 0 Å². The van der Waals surface area contributed by atoms with E-state index in [9.17, 15) is 10.1 Å². The SMILES string of the molecule is O=[N+]([O-])c1ccc(OC2CNC2)c(I)c1. The molecule has 6 heteroatoms. The molecule has 1 aromatic rings. The second-order valence-corrected chi connectivity index (χ2v) is 4.43. The normalized spacial score (nSPS) is 15.8. The molecule has 0 bridgehead atoms. The summed E-state index contributed by atoms with van der Waals surface area (Å²) in [4.78, 5) is 10.1. The number of nitrogens with one attached hydrogen (secondary N) is 1. The molecule has 1 fully saturated rings. The van der Waals surface area contributed by atoms with Crippen molar-refractivity contribution in [2.75, 3.05) is 13.1 Å². The zero-order valence-corrected chi connectivity index (χ0v) is 9.93. The maximum atomic E-state index is 10.5. The molecular formula is C9H9IN2O3. The lowest BCUT2D eigenvalue weighted by Gasteiger charge is -2.28. The Balaban J connectivity index is 2.14. The van der Waals surface area contributed by atoms with Crippen LogP contribution in [0.1, 0.15) is 0 Å². The Kier molecular flexibility index (Phi) is 3.06. The van der Waals surface area contributed by atoms with E-state index in [0.29, 0.717) is 5.75 Å². The third kappa shape index (κ3) is 2.37. The Hall–Kier alpha value is -0.890. The van der Waals surface area contributed by atoms with Crippen LogP contribution in [0.15, 0.2) is 18.2 Å². The third-order valence-corrected chi connectivity index (χ3v) is 3.01. The minimum Gasteiger partial charge on any atom is -0.487 e. The monoisotopic (exact) mass is 320 g/mol. The molecule has 0 saturated carbocycles. The first-order valence-electron chi connectivity index (χ1n) is 4.48. The highest BCUT2D eigenvalue weighted by atomic mass is 127. The molecule has 0 aromatic heterocycles. The van der Waals surface area contributed by atoms with E-state index in [0.717, 1.165) is 16.7 Å². The number of nitrogens with zero attached hydrogens (tertiary/aromatic N) is 1. The second kappa shape index (κ2) is 4.31. The molecule has 1 saturated heterocycles. The summed E-state index contributed by atoms with van der Waals surface area (Å²) < 4.78 is 6.40. The van der Waals surface area contributed by atoms with Crippen molar-refractivity contribution in [2.45, 2.75) is 6.10 Å². The molecule has 1 N–H and O–H groups in total. The molecule has 1 aromatic carbocycles. The van der Waals surface area contributed by atoms with Crippen LogP contribution in [0.4, 0.5) is 5.69 Å². The van der Waals surface area contributed by atoms with Gasteiger partial charge in [0.25, 0.3) is 5.69 Å². The number of halogens is 1. The smallest absolute Gasteiger partial charge is 0.270 e. The third-order valence-electron chi connectivity index (χ3n) is 2.16. The number of hydrogen-bond donors (Lipinski definition) is 1. The maximum absolute atomic E-state index is 10.5. The lowest BCUT2D eigenvalue weighted by atomic mass is 10.2. The van der Waals surface area contributed by atoms with E-state index < -0.39 is 4.92 Å². The Labute approximate surface area is 100 Å². The summed E-state index contributed by atoms with van der Waals surface area (Å²) in [5.74, 6) is 0.715. The summed E-state index contributed by atoms with van der Waals surface area (Å²) in [6.45, 7) is 1.68. The number of nitro benzene ring substituents is 1. The number of nitro groups is 1. The fraction of sp³-hybridized carbons (Fsp3) is 0.333. The fourth-order valence-corrected chi connectivity index (χ4v) is 1.85. The molecule has 15 heavy (non-hydrogen) atoms. The lowest BCUT2D eigenvalue weighted by Crippen LogP contribution is -2.50. The predicted octanol–water partition coefficient (Wildman–Crippen LogP) is 1.55. The van der Waals surface area contributed by atoms with Gasteiger partial charge in [0.2, 0.25) is 0 Å². The lowest BCUT2D eigenvalue weighted by molar-refractivity contribution is -0.385. The van der Waals surface area contributed by atoms with Crippen molar-refractivity contribution in [3.8, 4) is 5.75 Å². The van der Waals surface area contributed by atoms with Gasteiger partial charge in [0.15, 0.2) is 0 Å². The van der Waals surface area contributed by atoms with E-state index in [-0.39, 0.29) is 11.8 Å². The topological polar surface area (TPSA) is 64.4 Å². The largest absolute Gasteiger partial charge is 0.487 e. The minimum atomic E-state index is -0.406. The van der Waals surface area contributed by atoms with E-state index in [2.05, 4.69) is 5.32 Å². The van der Waals surface area contributed by atoms with Crippen molar-refractivity contribution in [1.29, 1.82) is 0 Å². The van der Waals surface area contributed by atoms with E-state index in [4.69, 9.17) is 4.74 Å². The predicted molar refractivity (Wildman–Crippen MR) is 63.1 cm³/mol. The number of non-ortho nitro benzene ring substituents is 1. The zero-order valence-electron chi connectivity index (χ0n) is 7.77. The van der Waals surface area contributed by atoms with Crippen LogP contribution >= 0.6 is 22.6 Å². The molecule has 1 aliphatic rings. The molecule has 0 atom stereocenters. The van der Waals surface area contributed by atoms with Crippen LogP contribution in [0.3, 0.4) is 0 Å². The minimum absolute atomic E-state index is 0.0958. The molecule has 2 rings (SSSR count). The average molecular weight is 320 g/mol. The molecule has 0 unspecified atom stereocenters. The quantitative estimate of drug-likeness (QED) is 0.521. The van der Waals surface area contributed by atoms with Crippen LogP contribution in [0.25, 0.3) is 0 Å².